The highest BCUT2D eigenvalue weighted by molar-refractivity contribution is 5.85. The molecule has 1 fully saturated rings. The van der Waals surface area contributed by atoms with Crippen LogP contribution in [-0.2, 0) is 4.74 Å². The molecule has 1 heterocycles. The SMILES string of the molecule is Cl.O=C1N[C@@H](c2ccc(OC(F)(F)F)cc2)CCO1. The van der Waals surface area contributed by atoms with Crippen molar-refractivity contribution in [3.05, 3.63) is 29.8 Å². The molecule has 106 valence electrons. The van der Waals surface area contributed by atoms with E-state index in [1.165, 1.54) is 24.3 Å². The number of halogens is 4. The van der Waals surface area contributed by atoms with Gasteiger partial charge in [0.15, 0.2) is 0 Å². The van der Waals surface area contributed by atoms with Crippen LogP contribution in [0.4, 0.5) is 18.0 Å². The van der Waals surface area contributed by atoms with Crippen LogP contribution in [0.1, 0.15) is 18.0 Å². The van der Waals surface area contributed by atoms with E-state index in [-0.39, 0.29) is 30.8 Å². The van der Waals surface area contributed by atoms with Gasteiger partial charge in [0.05, 0.1) is 12.6 Å². The van der Waals surface area contributed by atoms with Crippen molar-refractivity contribution in [1.82, 2.24) is 5.32 Å². The number of carbonyl (C=O) groups is 1. The summed E-state index contributed by atoms with van der Waals surface area (Å²) in [5.74, 6) is -0.287. The fraction of sp³-hybridized carbons (Fsp3) is 0.364. The van der Waals surface area contributed by atoms with E-state index in [1.54, 1.807) is 0 Å². The molecular weight excluding hydrogens is 287 g/mol. The van der Waals surface area contributed by atoms with Gasteiger partial charge in [-0.15, -0.1) is 25.6 Å². The second-order valence-electron chi connectivity index (χ2n) is 3.74. The molecule has 0 bridgehead atoms. The summed E-state index contributed by atoms with van der Waals surface area (Å²) in [6.07, 6.45) is -4.65. The number of alkyl halides is 3. The van der Waals surface area contributed by atoms with Crippen molar-refractivity contribution >= 4 is 18.5 Å². The van der Waals surface area contributed by atoms with Crippen LogP contribution in [0.25, 0.3) is 0 Å². The third kappa shape index (κ3) is 4.51. The van der Waals surface area contributed by atoms with Crippen LogP contribution in [0.2, 0.25) is 0 Å². The molecule has 8 heteroatoms. The molecule has 1 N–H and O–H groups in total. The minimum Gasteiger partial charge on any atom is -0.449 e. The van der Waals surface area contributed by atoms with Gasteiger partial charge < -0.3 is 14.8 Å². The normalized spacial score (nSPS) is 18.9. The van der Waals surface area contributed by atoms with Crippen LogP contribution < -0.4 is 10.1 Å². The van der Waals surface area contributed by atoms with Crippen molar-refractivity contribution in [3.8, 4) is 5.75 Å². The number of alkyl carbamates (subject to hydrolysis) is 1. The van der Waals surface area contributed by atoms with Gasteiger partial charge in [-0.1, -0.05) is 12.1 Å². The lowest BCUT2D eigenvalue weighted by atomic mass is 10.0. The van der Waals surface area contributed by atoms with E-state index in [2.05, 4.69) is 10.1 Å². The molecule has 0 spiro atoms. The summed E-state index contributed by atoms with van der Waals surface area (Å²) in [4.78, 5) is 11.0. The van der Waals surface area contributed by atoms with E-state index >= 15 is 0 Å². The fourth-order valence-electron chi connectivity index (χ4n) is 1.68. The van der Waals surface area contributed by atoms with Crippen molar-refractivity contribution in [2.75, 3.05) is 6.61 Å². The van der Waals surface area contributed by atoms with Crippen LogP contribution in [0.5, 0.6) is 5.75 Å². The maximum atomic E-state index is 12.0. The smallest absolute Gasteiger partial charge is 0.449 e. The summed E-state index contributed by atoms with van der Waals surface area (Å²) in [6, 6.07) is 5.15. The molecule has 0 aliphatic carbocycles. The lowest BCUT2D eigenvalue weighted by Crippen LogP contribution is -2.35. The van der Waals surface area contributed by atoms with Crippen molar-refractivity contribution in [3.63, 3.8) is 0 Å². The molecule has 1 amide bonds. The zero-order valence-corrected chi connectivity index (χ0v) is 10.4. The number of hydrogen-bond donors (Lipinski definition) is 1. The minimum atomic E-state index is -4.70. The first-order chi connectivity index (χ1) is 8.44. The molecule has 4 nitrogen and oxygen atoms in total. The summed E-state index contributed by atoms with van der Waals surface area (Å²) >= 11 is 0. The zero-order chi connectivity index (χ0) is 13.2. The summed E-state index contributed by atoms with van der Waals surface area (Å²) in [7, 11) is 0. The Bertz CT molecular complexity index is 436. The van der Waals surface area contributed by atoms with Gasteiger partial charge in [0.25, 0.3) is 0 Å². The maximum absolute atomic E-state index is 12.0. The molecule has 1 saturated heterocycles. The average molecular weight is 298 g/mol. The predicted molar refractivity (Wildman–Crippen MR) is 62.2 cm³/mol. The highest BCUT2D eigenvalue weighted by Crippen LogP contribution is 2.26. The van der Waals surface area contributed by atoms with Gasteiger partial charge in [0.2, 0.25) is 0 Å². The number of ether oxygens (including phenoxy) is 2. The third-order valence-electron chi connectivity index (χ3n) is 2.45. The highest BCUT2D eigenvalue weighted by Gasteiger charge is 2.31. The molecule has 1 atom stereocenters. The van der Waals surface area contributed by atoms with E-state index in [0.717, 1.165) is 0 Å². The number of hydrogen-bond acceptors (Lipinski definition) is 3. The lowest BCUT2D eigenvalue weighted by molar-refractivity contribution is -0.274. The molecule has 0 aromatic heterocycles. The largest absolute Gasteiger partial charge is 0.573 e. The van der Waals surface area contributed by atoms with Crippen LogP contribution in [0, 0.1) is 0 Å². The first-order valence-electron chi connectivity index (χ1n) is 5.23. The van der Waals surface area contributed by atoms with Gasteiger partial charge in [0.1, 0.15) is 5.75 Å². The van der Waals surface area contributed by atoms with Gasteiger partial charge in [-0.05, 0) is 17.7 Å². The molecule has 2 rings (SSSR count). The Morgan fingerprint density at radius 1 is 1.26 bits per heavy atom. The molecule has 1 aliphatic heterocycles. The average Bonchev–Trinajstić information content (AvgIpc) is 2.28. The Hall–Kier alpha value is -1.63. The Kier molecular flexibility index (Phi) is 4.88. The molecule has 1 aromatic rings. The molecule has 1 aliphatic rings. The van der Waals surface area contributed by atoms with Crippen molar-refractivity contribution in [2.45, 2.75) is 18.8 Å². The van der Waals surface area contributed by atoms with Crippen molar-refractivity contribution < 1.29 is 27.4 Å². The van der Waals surface area contributed by atoms with Gasteiger partial charge in [-0.2, -0.15) is 0 Å². The monoisotopic (exact) mass is 297 g/mol. The van der Waals surface area contributed by atoms with E-state index in [4.69, 9.17) is 4.74 Å². The van der Waals surface area contributed by atoms with E-state index < -0.39 is 12.5 Å². The summed E-state index contributed by atoms with van der Waals surface area (Å²) in [5.41, 5.74) is 0.709. The summed E-state index contributed by atoms with van der Waals surface area (Å²) in [6.45, 7) is 0.289. The number of amides is 1. The van der Waals surface area contributed by atoms with Crippen molar-refractivity contribution in [2.24, 2.45) is 0 Å². The van der Waals surface area contributed by atoms with Crippen LogP contribution in [-0.4, -0.2) is 19.1 Å². The highest BCUT2D eigenvalue weighted by atomic mass is 35.5. The van der Waals surface area contributed by atoms with Gasteiger partial charge in [0, 0.05) is 6.42 Å². The third-order valence-corrected chi connectivity index (χ3v) is 2.45. The lowest BCUT2D eigenvalue weighted by Gasteiger charge is -2.23. The predicted octanol–water partition coefficient (Wildman–Crippen LogP) is 3.18. The van der Waals surface area contributed by atoms with Crippen LogP contribution in [0.3, 0.4) is 0 Å². The number of carbonyl (C=O) groups excluding carboxylic acids is 1. The zero-order valence-electron chi connectivity index (χ0n) is 9.57. The molecular formula is C11H11ClF3NO3. The second kappa shape index (κ2) is 6.01. The van der Waals surface area contributed by atoms with E-state index in [0.29, 0.717) is 12.0 Å². The van der Waals surface area contributed by atoms with Gasteiger partial charge >= 0.3 is 12.5 Å². The van der Waals surface area contributed by atoms with Gasteiger partial charge in [-0.3, -0.25) is 0 Å². The number of rotatable bonds is 2. The first-order valence-corrected chi connectivity index (χ1v) is 5.23. The second-order valence-corrected chi connectivity index (χ2v) is 3.74. The topological polar surface area (TPSA) is 47.6 Å². The summed E-state index contributed by atoms with van der Waals surface area (Å²) in [5, 5.41) is 2.58. The molecule has 19 heavy (non-hydrogen) atoms. The first kappa shape index (κ1) is 15.4. The maximum Gasteiger partial charge on any atom is 0.573 e. The molecule has 0 radical (unpaired) electrons. The summed E-state index contributed by atoms with van der Waals surface area (Å²) < 4.78 is 44.3. The Morgan fingerprint density at radius 2 is 1.89 bits per heavy atom. The van der Waals surface area contributed by atoms with E-state index in [9.17, 15) is 18.0 Å². The van der Waals surface area contributed by atoms with Gasteiger partial charge in [-0.25, -0.2) is 4.79 Å². The van der Waals surface area contributed by atoms with Crippen molar-refractivity contribution in [1.29, 1.82) is 0 Å². The standard InChI is InChI=1S/C11H10F3NO3.ClH/c12-11(13,14)18-8-3-1-7(2-4-8)9-5-6-17-10(16)15-9;/h1-4,9H,5-6H2,(H,15,16);1H/t9-;/m1./s1. The van der Waals surface area contributed by atoms with Crippen LogP contribution in [0.15, 0.2) is 24.3 Å². The minimum absolute atomic E-state index is 0. The number of benzene rings is 1. The molecule has 1 aromatic carbocycles. The number of cyclic esters (lactones) is 1. The fourth-order valence-corrected chi connectivity index (χ4v) is 1.68. The quantitative estimate of drug-likeness (QED) is 0.912. The Morgan fingerprint density at radius 3 is 2.42 bits per heavy atom. The Labute approximate surface area is 113 Å². The molecule has 0 unspecified atom stereocenters. The van der Waals surface area contributed by atoms with E-state index in [1.807, 2.05) is 0 Å². The molecule has 0 saturated carbocycles. The van der Waals surface area contributed by atoms with Crippen LogP contribution >= 0.6 is 12.4 Å². The number of nitrogens with one attached hydrogen (secondary N) is 1. The Balaban J connectivity index is 0.00000180.